The lowest BCUT2D eigenvalue weighted by atomic mass is 10.1. The maximum atomic E-state index is 12.4. The van der Waals surface area contributed by atoms with Crippen LogP contribution >= 0.6 is 0 Å². The molecule has 1 fully saturated rings. The SMILES string of the molecule is CN(CCNc1cc([C@@H]2CCOC2)ncn1)C(=O)c1ccc(=O)n(C)n1. The van der Waals surface area contributed by atoms with E-state index >= 15 is 0 Å². The van der Waals surface area contributed by atoms with Gasteiger partial charge in [-0.25, -0.2) is 14.6 Å². The minimum Gasteiger partial charge on any atom is -0.381 e. The first-order chi connectivity index (χ1) is 12.5. The lowest BCUT2D eigenvalue weighted by Crippen LogP contribution is -2.33. The minimum atomic E-state index is -0.252. The summed E-state index contributed by atoms with van der Waals surface area (Å²) in [6.45, 7) is 2.46. The Morgan fingerprint density at radius 1 is 1.42 bits per heavy atom. The number of aromatic nitrogens is 4. The number of rotatable bonds is 6. The average Bonchev–Trinajstić information content (AvgIpc) is 3.18. The van der Waals surface area contributed by atoms with Crippen molar-refractivity contribution in [3.63, 3.8) is 0 Å². The topological polar surface area (TPSA) is 102 Å². The average molecular weight is 358 g/mol. The highest BCUT2D eigenvalue weighted by molar-refractivity contribution is 5.91. The second kappa shape index (κ2) is 8.05. The van der Waals surface area contributed by atoms with Gasteiger partial charge in [-0.3, -0.25) is 9.59 Å². The zero-order valence-corrected chi connectivity index (χ0v) is 14.9. The van der Waals surface area contributed by atoms with Crippen LogP contribution in [0.1, 0.15) is 28.5 Å². The van der Waals surface area contributed by atoms with Crippen molar-refractivity contribution in [1.82, 2.24) is 24.6 Å². The normalized spacial score (nSPS) is 16.5. The molecule has 0 unspecified atom stereocenters. The minimum absolute atomic E-state index is 0.236. The molecule has 26 heavy (non-hydrogen) atoms. The molecule has 0 spiro atoms. The molecule has 1 amide bonds. The van der Waals surface area contributed by atoms with E-state index in [4.69, 9.17) is 4.74 Å². The van der Waals surface area contributed by atoms with Crippen LogP contribution in [-0.4, -0.2) is 63.9 Å². The Labute approximate surface area is 151 Å². The fourth-order valence-electron chi connectivity index (χ4n) is 2.73. The van der Waals surface area contributed by atoms with Gasteiger partial charge in [-0.05, 0) is 12.5 Å². The summed E-state index contributed by atoms with van der Waals surface area (Å²) in [6.07, 6.45) is 2.51. The Morgan fingerprint density at radius 3 is 3.00 bits per heavy atom. The lowest BCUT2D eigenvalue weighted by Gasteiger charge is -2.17. The van der Waals surface area contributed by atoms with E-state index in [1.54, 1.807) is 18.3 Å². The van der Waals surface area contributed by atoms with Gasteiger partial charge < -0.3 is 15.0 Å². The Balaban J connectivity index is 1.54. The van der Waals surface area contributed by atoms with Crippen LogP contribution < -0.4 is 10.9 Å². The van der Waals surface area contributed by atoms with Crippen LogP contribution in [0.4, 0.5) is 5.82 Å². The van der Waals surface area contributed by atoms with Gasteiger partial charge in [0, 0.05) is 51.8 Å². The number of hydrogen-bond donors (Lipinski definition) is 1. The molecule has 1 N–H and O–H groups in total. The van der Waals surface area contributed by atoms with Gasteiger partial charge in [0.1, 0.15) is 17.8 Å². The van der Waals surface area contributed by atoms with Crippen LogP contribution in [0, 0.1) is 0 Å². The van der Waals surface area contributed by atoms with Crippen LogP contribution in [0.3, 0.4) is 0 Å². The van der Waals surface area contributed by atoms with Crippen molar-refractivity contribution in [2.75, 3.05) is 38.7 Å². The van der Waals surface area contributed by atoms with Gasteiger partial charge in [0.25, 0.3) is 11.5 Å². The summed E-state index contributed by atoms with van der Waals surface area (Å²) in [4.78, 5) is 33.8. The Bertz CT molecular complexity index is 831. The van der Waals surface area contributed by atoms with Crippen LogP contribution in [-0.2, 0) is 11.8 Å². The molecule has 9 nitrogen and oxygen atoms in total. The summed E-state index contributed by atoms with van der Waals surface area (Å²) in [5, 5.41) is 7.18. The van der Waals surface area contributed by atoms with E-state index in [0.29, 0.717) is 25.6 Å². The molecule has 1 aliphatic heterocycles. The van der Waals surface area contributed by atoms with Crippen LogP contribution in [0.2, 0.25) is 0 Å². The second-order valence-electron chi connectivity index (χ2n) is 6.22. The first kappa shape index (κ1) is 18.0. The third-order valence-corrected chi connectivity index (χ3v) is 4.32. The van der Waals surface area contributed by atoms with Crippen molar-refractivity contribution in [2.24, 2.45) is 7.05 Å². The summed E-state index contributed by atoms with van der Waals surface area (Å²) in [6, 6.07) is 4.70. The highest BCUT2D eigenvalue weighted by Crippen LogP contribution is 2.24. The fraction of sp³-hybridized carbons (Fsp3) is 0.471. The number of amides is 1. The van der Waals surface area contributed by atoms with Crippen LogP contribution in [0.5, 0.6) is 0 Å². The van der Waals surface area contributed by atoms with Gasteiger partial charge in [0.05, 0.1) is 12.3 Å². The van der Waals surface area contributed by atoms with Crippen LogP contribution in [0.15, 0.2) is 29.3 Å². The monoisotopic (exact) mass is 358 g/mol. The van der Waals surface area contributed by atoms with E-state index in [1.807, 2.05) is 6.07 Å². The predicted octanol–water partition coefficient (Wildman–Crippen LogP) is 0.258. The summed E-state index contributed by atoms with van der Waals surface area (Å²) in [7, 11) is 3.21. The molecule has 1 aliphatic rings. The molecule has 138 valence electrons. The number of likely N-dealkylation sites (N-methyl/N-ethyl adjacent to an activating group) is 1. The molecule has 0 bridgehead atoms. The van der Waals surface area contributed by atoms with Gasteiger partial charge in [0.15, 0.2) is 0 Å². The number of aryl methyl sites for hydroxylation is 1. The van der Waals surface area contributed by atoms with Gasteiger partial charge in [-0.1, -0.05) is 0 Å². The predicted molar refractivity (Wildman–Crippen MR) is 95.1 cm³/mol. The first-order valence-corrected chi connectivity index (χ1v) is 8.48. The Kier molecular flexibility index (Phi) is 5.57. The lowest BCUT2D eigenvalue weighted by molar-refractivity contribution is 0.0792. The van der Waals surface area contributed by atoms with E-state index in [1.165, 1.54) is 19.2 Å². The molecule has 3 rings (SSSR count). The number of carbonyl (C=O) groups excluding carboxylic acids is 1. The first-order valence-electron chi connectivity index (χ1n) is 8.48. The highest BCUT2D eigenvalue weighted by atomic mass is 16.5. The zero-order chi connectivity index (χ0) is 18.5. The van der Waals surface area contributed by atoms with Crippen molar-refractivity contribution in [3.8, 4) is 0 Å². The molecule has 1 saturated heterocycles. The molecule has 1 atom stereocenters. The van der Waals surface area contributed by atoms with E-state index in [9.17, 15) is 9.59 Å². The van der Waals surface area contributed by atoms with E-state index < -0.39 is 0 Å². The molecule has 9 heteroatoms. The molecule has 2 aromatic heterocycles. The highest BCUT2D eigenvalue weighted by Gasteiger charge is 2.19. The molecule has 2 aromatic rings. The maximum absolute atomic E-state index is 12.4. The van der Waals surface area contributed by atoms with E-state index in [2.05, 4.69) is 20.4 Å². The summed E-state index contributed by atoms with van der Waals surface area (Å²) >= 11 is 0. The maximum Gasteiger partial charge on any atom is 0.274 e. The third-order valence-electron chi connectivity index (χ3n) is 4.32. The molecule has 0 radical (unpaired) electrons. The van der Waals surface area contributed by atoms with Gasteiger partial charge >= 0.3 is 0 Å². The summed E-state index contributed by atoms with van der Waals surface area (Å²) in [5.74, 6) is 0.801. The smallest absolute Gasteiger partial charge is 0.274 e. The zero-order valence-electron chi connectivity index (χ0n) is 14.9. The van der Waals surface area contributed by atoms with E-state index in [-0.39, 0.29) is 17.2 Å². The quantitative estimate of drug-likeness (QED) is 0.790. The standard InChI is InChI=1S/C17H22N6O3/c1-22(17(25)13-3-4-16(24)23(2)21-13)7-6-18-15-9-14(19-11-20-15)12-5-8-26-10-12/h3-4,9,11-12H,5-8,10H2,1-2H3,(H,18,19,20)/t12-/m1/s1. The third kappa shape index (κ3) is 4.23. The van der Waals surface area contributed by atoms with Crippen molar-refractivity contribution >= 4 is 11.7 Å². The number of carbonyl (C=O) groups is 1. The van der Waals surface area contributed by atoms with Crippen molar-refractivity contribution in [3.05, 3.63) is 46.3 Å². The van der Waals surface area contributed by atoms with Gasteiger partial charge in [-0.2, -0.15) is 5.10 Å². The van der Waals surface area contributed by atoms with Crippen molar-refractivity contribution in [1.29, 1.82) is 0 Å². The molecule has 0 aliphatic carbocycles. The molecule has 3 heterocycles. The largest absolute Gasteiger partial charge is 0.381 e. The Morgan fingerprint density at radius 2 is 2.27 bits per heavy atom. The molecular weight excluding hydrogens is 336 g/mol. The van der Waals surface area contributed by atoms with Gasteiger partial charge in [-0.15, -0.1) is 0 Å². The molecule has 0 saturated carbocycles. The van der Waals surface area contributed by atoms with Crippen molar-refractivity contribution < 1.29 is 9.53 Å². The number of anilines is 1. The summed E-state index contributed by atoms with van der Waals surface area (Å²) < 4.78 is 6.54. The molecule has 0 aromatic carbocycles. The van der Waals surface area contributed by atoms with Crippen molar-refractivity contribution in [2.45, 2.75) is 12.3 Å². The van der Waals surface area contributed by atoms with E-state index in [0.717, 1.165) is 29.2 Å². The van der Waals surface area contributed by atoms with Gasteiger partial charge in [0.2, 0.25) is 0 Å². The number of nitrogens with one attached hydrogen (secondary N) is 1. The number of ether oxygens (including phenoxy) is 1. The molecular formula is C17H22N6O3. The fourth-order valence-corrected chi connectivity index (χ4v) is 2.73. The van der Waals surface area contributed by atoms with Crippen LogP contribution in [0.25, 0.3) is 0 Å². The second-order valence-corrected chi connectivity index (χ2v) is 6.22. The number of hydrogen-bond acceptors (Lipinski definition) is 7. The number of nitrogens with zero attached hydrogens (tertiary/aromatic N) is 5. The summed E-state index contributed by atoms with van der Waals surface area (Å²) in [5.41, 5.74) is 0.956. The Hall–Kier alpha value is -2.81.